The fourth-order valence-electron chi connectivity index (χ4n) is 2.85. The molecule has 7 heteroatoms. The van der Waals surface area contributed by atoms with Crippen LogP contribution in [0.4, 0.5) is 17.2 Å². The summed E-state index contributed by atoms with van der Waals surface area (Å²) >= 11 is 0. The van der Waals surface area contributed by atoms with Gasteiger partial charge in [0.25, 0.3) is 0 Å². The maximum atomic E-state index is 11.5. The van der Waals surface area contributed by atoms with Crippen molar-refractivity contribution in [1.29, 1.82) is 0 Å². The zero-order valence-corrected chi connectivity index (χ0v) is 15.0. The Morgan fingerprint density at radius 2 is 1.85 bits per heavy atom. The van der Waals surface area contributed by atoms with Crippen molar-refractivity contribution < 1.29 is 9.90 Å². The lowest BCUT2D eigenvalue weighted by atomic mass is 10.2. The van der Waals surface area contributed by atoms with Crippen LogP contribution in [0.1, 0.15) is 29.9 Å². The molecule has 0 aliphatic heterocycles. The van der Waals surface area contributed by atoms with E-state index in [9.17, 15) is 9.90 Å². The first-order valence-corrected chi connectivity index (χ1v) is 8.52. The van der Waals surface area contributed by atoms with Gasteiger partial charge in [-0.3, -0.25) is 4.40 Å². The topological polar surface area (TPSA) is 82.6 Å². The van der Waals surface area contributed by atoms with E-state index in [1.807, 2.05) is 43.3 Å². The van der Waals surface area contributed by atoms with Crippen molar-refractivity contribution in [2.75, 3.05) is 18.0 Å². The van der Waals surface area contributed by atoms with Crippen molar-refractivity contribution >= 4 is 28.8 Å². The molecular weight excluding hydrogens is 330 g/mol. The highest BCUT2D eigenvalue weighted by Gasteiger charge is 2.19. The molecule has 0 radical (unpaired) electrons. The van der Waals surface area contributed by atoms with E-state index >= 15 is 0 Å². The number of aryl methyl sites for hydroxylation is 1. The van der Waals surface area contributed by atoms with Crippen LogP contribution < -0.4 is 4.90 Å². The van der Waals surface area contributed by atoms with Gasteiger partial charge in [0, 0.05) is 25.0 Å². The predicted molar refractivity (Wildman–Crippen MR) is 101 cm³/mol. The second-order valence-corrected chi connectivity index (χ2v) is 5.86. The number of rotatable bonds is 6. The third-order valence-corrected chi connectivity index (χ3v) is 4.26. The highest BCUT2D eigenvalue weighted by atomic mass is 16.4. The minimum absolute atomic E-state index is 0.109. The number of imidazole rings is 1. The number of hydrogen-bond acceptors (Lipinski definition) is 5. The van der Waals surface area contributed by atoms with Gasteiger partial charge in [-0.1, -0.05) is 6.07 Å². The molecule has 0 spiro atoms. The molecule has 0 fully saturated rings. The molecule has 1 N–H and O–H groups in total. The monoisotopic (exact) mass is 351 g/mol. The molecule has 2 heterocycles. The lowest BCUT2D eigenvalue weighted by Gasteiger charge is -2.20. The third-order valence-electron chi connectivity index (χ3n) is 4.26. The summed E-state index contributed by atoms with van der Waals surface area (Å²) in [5, 5.41) is 17.8. The largest absolute Gasteiger partial charge is 0.476 e. The van der Waals surface area contributed by atoms with Crippen LogP contribution >= 0.6 is 0 Å². The minimum Gasteiger partial charge on any atom is -0.476 e. The first kappa shape index (κ1) is 17.6. The lowest BCUT2D eigenvalue weighted by Crippen LogP contribution is -2.21. The van der Waals surface area contributed by atoms with Crippen LogP contribution in [-0.2, 0) is 0 Å². The zero-order valence-electron chi connectivity index (χ0n) is 15.0. The van der Waals surface area contributed by atoms with Crippen LogP contribution in [0.5, 0.6) is 0 Å². The maximum absolute atomic E-state index is 11.5. The molecule has 0 amide bonds. The van der Waals surface area contributed by atoms with Crippen molar-refractivity contribution in [2.45, 2.75) is 20.8 Å². The molecule has 134 valence electrons. The van der Waals surface area contributed by atoms with Crippen molar-refractivity contribution in [3.05, 3.63) is 53.9 Å². The summed E-state index contributed by atoms with van der Waals surface area (Å²) in [6.45, 7) is 7.95. The number of carboxylic acid groups (broad SMARTS) is 1. The summed E-state index contributed by atoms with van der Waals surface area (Å²) in [5.41, 5.74) is 3.10. The summed E-state index contributed by atoms with van der Waals surface area (Å²) in [5.74, 6) is -0.914. The lowest BCUT2D eigenvalue weighted by molar-refractivity contribution is 0.0692. The first-order chi connectivity index (χ1) is 12.5. The number of pyridine rings is 1. The van der Waals surface area contributed by atoms with Gasteiger partial charge in [0.15, 0.2) is 11.5 Å². The summed E-state index contributed by atoms with van der Waals surface area (Å²) < 4.78 is 1.65. The molecule has 2 aromatic heterocycles. The second-order valence-electron chi connectivity index (χ2n) is 5.86. The summed E-state index contributed by atoms with van der Waals surface area (Å²) in [6.07, 6.45) is 1.74. The Morgan fingerprint density at radius 3 is 2.46 bits per heavy atom. The Labute approximate surface area is 151 Å². The molecule has 1 aromatic carbocycles. The Balaban J connectivity index is 1.97. The highest BCUT2D eigenvalue weighted by Crippen LogP contribution is 2.26. The van der Waals surface area contributed by atoms with Gasteiger partial charge in [0.1, 0.15) is 5.65 Å². The third kappa shape index (κ3) is 3.28. The number of carboxylic acids is 1. The zero-order chi connectivity index (χ0) is 18.7. The minimum atomic E-state index is -1.13. The Kier molecular flexibility index (Phi) is 4.97. The number of anilines is 1. The van der Waals surface area contributed by atoms with Gasteiger partial charge in [-0.25, -0.2) is 9.78 Å². The van der Waals surface area contributed by atoms with Gasteiger partial charge in [-0.2, -0.15) is 0 Å². The Hall–Kier alpha value is -3.22. The standard InChI is InChI=1S/C19H21N5O2/c1-4-23(5-2)15-10-8-14(9-11-15)21-22-18-16(19(25)26)20-17-13(3)7-6-12-24(17)18/h6-12H,4-5H2,1-3H3,(H,25,26). The fourth-order valence-corrected chi connectivity index (χ4v) is 2.85. The number of benzene rings is 1. The van der Waals surface area contributed by atoms with E-state index in [0.717, 1.165) is 24.3 Å². The molecule has 7 nitrogen and oxygen atoms in total. The number of nitrogens with zero attached hydrogens (tertiary/aromatic N) is 5. The van der Waals surface area contributed by atoms with E-state index in [-0.39, 0.29) is 11.5 Å². The van der Waals surface area contributed by atoms with Crippen LogP contribution in [-0.4, -0.2) is 33.6 Å². The van der Waals surface area contributed by atoms with E-state index < -0.39 is 5.97 Å². The molecular formula is C19H21N5O2. The number of carbonyl (C=O) groups is 1. The molecule has 0 saturated carbocycles. The number of aromatic nitrogens is 2. The smallest absolute Gasteiger partial charge is 0.358 e. The normalized spacial score (nSPS) is 11.3. The van der Waals surface area contributed by atoms with Crippen LogP contribution in [0.25, 0.3) is 5.65 Å². The summed E-state index contributed by atoms with van der Waals surface area (Å²) in [4.78, 5) is 17.9. The number of azo groups is 1. The summed E-state index contributed by atoms with van der Waals surface area (Å²) in [7, 11) is 0. The molecule has 0 aliphatic rings. The van der Waals surface area contributed by atoms with E-state index in [1.165, 1.54) is 0 Å². The van der Waals surface area contributed by atoms with Gasteiger partial charge in [0.05, 0.1) is 5.69 Å². The molecule has 3 rings (SSSR count). The van der Waals surface area contributed by atoms with Crippen molar-refractivity contribution in [3.8, 4) is 0 Å². The second kappa shape index (κ2) is 7.35. The average Bonchev–Trinajstić information content (AvgIpc) is 3.02. The predicted octanol–water partition coefficient (Wildman–Crippen LogP) is 4.60. The summed E-state index contributed by atoms with van der Waals surface area (Å²) in [6, 6.07) is 11.4. The van der Waals surface area contributed by atoms with Crippen LogP contribution in [0, 0.1) is 6.92 Å². The van der Waals surface area contributed by atoms with Gasteiger partial charge < -0.3 is 10.0 Å². The average molecular weight is 351 g/mol. The van der Waals surface area contributed by atoms with Gasteiger partial charge in [-0.05, 0) is 56.7 Å². The fraction of sp³-hybridized carbons (Fsp3) is 0.263. The molecule has 3 aromatic rings. The van der Waals surface area contributed by atoms with E-state index in [4.69, 9.17) is 0 Å². The molecule has 0 aliphatic carbocycles. The van der Waals surface area contributed by atoms with E-state index in [0.29, 0.717) is 11.3 Å². The Bertz CT molecular complexity index is 956. The molecule has 26 heavy (non-hydrogen) atoms. The van der Waals surface area contributed by atoms with Gasteiger partial charge >= 0.3 is 5.97 Å². The number of hydrogen-bond donors (Lipinski definition) is 1. The van der Waals surface area contributed by atoms with E-state index in [1.54, 1.807) is 10.6 Å². The van der Waals surface area contributed by atoms with Crippen molar-refractivity contribution in [2.24, 2.45) is 10.2 Å². The van der Waals surface area contributed by atoms with E-state index in [2.05, 4.69) is 34.0 Å². The van der Waals surface area contributed by atoms with Crippen LogP contribution in [0.2, 0.25) is 0 Å². The highest BCUT2D eigenvalue weighted by molar-refractivity contribution is 5.92. The first-order valence-electron chi connectivity index (χ1n) is 8.52. The number of fused-ring (bicyclic) bond motifs is 1. The number of aromatic carboxylic acids is 1. The van der Waals surface area contributed by atoms with Gasteiger partial charge in [-0.15, -0.1) is 10.2 Å². The van der Waals surface area contributed by atoms with Crippen LogP contribution in [0.3, 0.4) is 0 Å². The van der Waals surface area contributed by atoms with Crippen molar-refractivity contribution in [3.63, 3.8) is 0 Å². The van der Waals surface area contributed by atoms with Gasteiger partial charge in [0.2, 0.25) is 0 Å². The van der Waals surface area contributed by atoms with Crippen molar-refractivity contribution in [1.82, 2.24) is 9.38 Å². The molecule has 0 saturated heterocycles. The molecule has 0 bridgehead atoms. The maximum Gasteiger partial charge on any atom is 0.358 e. The molecule has 0 atom stereocenters. The van der Waals surface area contributed by atoms with Crippen LogP contribution in [0.15, 0.2) is 52.8 Å². The Morgan fingerprint density at radius 1 is 1.15 bits per heavy atom. The molecule has 0 unspecified atom stereocenters. The quantitative estimate of drug-likeness (QED) is 0.658. The SMILES string of the molecule is CCN(CC)c1ccc(N=Nc2c(C(=O)O)nc3c(C)cccn23)cc1.